The third-order valence-corrected chi connectivity index (χ3v) is 3.92. The molecule has 0 atom stereocenters. The van der Waals surface area contributed by atoms with E-state index >= 15 is 0 Å². The molecule has 0 aliphatic rings. The second-order valence-corrected chi connectivity index (χ2v) is 5.86. The third kappa shape index (κ3) is 6.78. The van der Waals surface area contributed by atoms with E-state index in [2.05, 4.69) is 20.1 Å². The average molecular weight is 319 g/mol. The Labute approximate surface area is 124 Å². The van der Waals surface area contributed by atoms with Crippen molar-refractivity contribution in [3.63, 3.8) is 0 Å². The number of ether oxygens (including phenoxy) is 2. The van der Waals surface area contributed by atoms with Gasteiger partial charge in [-0.25, -0.2) is 29.0 Å². The Balaban J connectivity index is 2.26. The Hall–Kier alpha value is -1.33. The van der Waals surface area contributed by atoms with Crippen LogP contribution in [0, 0.1) is 0 Å². The van der Waals surface area contributed by atoms with Gasteiger partial charge in [0, 0.05) is 20.3 Å². The fourth-order valence-corrected chi connectivity index (χ4v) is 2.36. The van der Waals surface area contributed by atoms with Gasteiger partial charge in [-0.15, -0.1) is 0 Å². The van der Waals surface area contributed by atoms with E-state index in [1.54, 1.807) is 7.11 Å². The summed E-state index contributed by atoms with van der Waals surface area (Å²) in [5.41, 5.74) is 2.23. The molecule has 0 aliphatic heterocycles. The fourth-order valence-electron chi connectivity index (χ4n) is 1.39. The van der Waals surface area contributed by atoms with Crippen LogP contribution in [0.25, 0.3) is 0 Å². The smallest absolute Gasteiger partial charge is 0.243 e. The second-order valence-electron chi connectivity index (χ2n) is 4.10. The number of rotatable bonds is 11. The van der Waals surface area contributed by atoms with Gasteiger partial charge in [0.15, 0.2) is 0 Å². The minimum absolute atomic E-state index is 0.00200. The molecule has 1 aromatic heterocycles. The lowest BCUT2D eigenvalue weighted by atomic mass is 10.3. The number of anilines is 1. The summed E-state index contributed by atoms with van der Waals surface area (Å²) in [6, 6.07) is 0. The van der Waals surface area contributed by atoms with E-state index in [1.807, 2.05) is 0 Å². The van der Waals surface area contributed by atoms with Crippen molar-refractivity contribution in [2.45, 2.75) is 17.7 Å². The van der Waals surface area contributed by atoms with Crippen molar-refractivity contribution in [3.05, 3.63) is 12.4 Å². The molecule has 0 saturated heterocycles. The Morgan fingerprint density at radius 3 is 2.52 bits per heavy atom. The average Bonchev–Trinajstić information content (AvgIpc) is 2.50. The first-order valence-corrected chi connectivity index (χ1v) is 7.93. The molecule has 0 saturated carbocycles. The van der Waals surface area contributed by atoms with E-state index in [9.17, 15) is 8.42 Å². The monoisotopic (exact) mass is 319 g/mol. The van der Waals surface area contributed by atoms with Crippen LogP contribution in [-0.2, 0) is 19.5 Å². The number of hydrogen-bond acceptors (Lipinski definition) is 8. The van der Waals surface area contributed by atoms with Crippen LogP contribution in [0.2, 0.25) is 0 Å². The Morgan fingerprint density at radius 2 is 1.90 bits per heavy atom. The van der Waals surface area contributed by atoms with Gasteiger partial charge in [-0.2, -0.15) is 0 Å². The summed E-state index contributed by atoms with van der Waals surface area (Å²) >= 11 is 0. The van der Waals surface area contributed by atoms with Gasteiger partial charge in [-0.3, -0.25) is 5.43 Å². The zero-order chi connectivity index (χ0) is 15.6. The molecule has 1 heterocycles. The molecule has 4 N–H and O–H groups in total. The molecule has 0 aliphatic carbocycles. The van der Waals surface area contributed by atoms with Gasteiger partial charge < -0.3 is 9.47 Å². The summed E-state index contributed by atoms with van der Waals surface area (Å²) in [7, 11) is -1.98. The number of hydrogen-bond donors (Lipinski definition) is 3. The first-order chi connectivity index (χ1) is 10.1. The lowest BCUT2D eigenvalue weighted by Crippen LogP contribution is -2.25. The van der Waals surface area contributed by atoms with Crippen LogP contribution in [0.3, 0.4) is 0 Å². The highest BCUT2D eigenvalue weighted by molar-refractivity contribution is 7.89. The molecule has 10 heteroatoms. The van der Waals surface area contributed by atoms with Gasteiger partial charge in [0.25, 0.3) is 0 Å². The van der Waals surface area contributed by atoms with Crippen LogP contribution in [0.5, 0.6) is 0 Å². The van der Waals surface area contributed by atoms with E-state index in [0.717, 1.165) is 6.42 Å². The zero-order valence-electron chi connectivity index (χ0n) is 11.9. The maximum absolute atomic E-state index is 11.9. The van der Waals surface area contributed by atoms with Gasteiger partial charge in [0.05, 0.1) is 25.6 Å². The highest BCUT2D eigenvalue weighted by Gasteiger charge is 2.14. The van der Waals surface area contributed by atoms with Crippen molar-refractivity contribution in [1.29, 1.82) is 0 Å². The number of nitrogens with two attached hydrogens (primary N) is 1. The molecule has 21 heavy (non-hydrogen) atoms. The predicted molar refractivity (Wildman–Crippen MR) is 77.0 cm³/mol. The molecule has 0 amide bonds. The van der Waals surface area contributed by atoms with Crippen molar-refractivity contribution in [3.8, 4) is 0 Å². The number of sulfonamides is 1. The first kappa shape index (κ1) is 17.7. The zero-order valence-corrected chi connectivity index (χ0v) is 12.7. The van der Waals surface area contributed by atoms with Crippen molar-refractivity contribution < 1.29 is 17.9 Å². The number of nitrogens with one attached hydrogen (secondary N) is 2. The van der Waals surface area contributed by atoms with Gasteiger partial charge >= 0.3 is 0 Å². The minimum Gasteiger partial charge on any atom is -0.382 e. The molecular weight excluding hydrogens is 298 g/mol. The van der Waals surface area contributed by atoms with E-state index < -0.39 is 10.0 Å². The fraction of sp³-hybridized carbons (Fsp3) is 0.636. The van der Waals surface area contributed by atoms with E-state index in [1.165, 1.54) is 12.4 Å². The molecule has 0 radical (unpaired) electrons. The van der Waals surface area contributed by atoms with Crippen LogP contribution in [0.1, 0.15) is 12.8 Å². The standard InChI is InChI=1S/C11H21N5O4S/c1-19-6-7-20-5-3-2-4-15-21(17,18)10-8-13-11(16-12)14-9-10/h8-9,15H,2-7,12H2,1H3,(H,13,14,16). The topological polar surface area (TPSA) is 128 Å². The van der Waals surface area contributed by atoms with Crippen LogP contribution < -0.4 is 16.0 Å². The highest BCUT2D eigenvalue weighted by Crippen LogP contribution is 2.06. The molecule has 1 aromatic rings. The number of aromatic nitrogens is 2. The quantitative estimate of drug-likeness (QED) is 0.282. The van der Waals surface area contributed by atoms with Gasteiger partial charge in [-0.05, 0) is 12.8 Å². The Kier molecular flexibility index (Phi) is 8.08. The molecule has 0 spiro atoms. The Bertz CT molecular complexity index is 494. The molecule has 0 fully saturated rings. The maximum atomic E-state index is 11.9. The van der Waals surface area contributed by atoms with Gasteiger partial charge in [0.2, 0.25) is 16.0 Å². The summed E-state index contributed by atoms with van der Waals surface area (Å²) < 4.78 is 36.4. The number of nitrogens with zero attached hydrogens (tertiary/aromatic N) is 2. The normalized spacial score (nSPS) is 11.5. The van der Waals surface area contributed by atoms with Gasteiger partial charge in [-0.1, -0.05) is 0 Å². The largest absolute Gasteiger partial charge is 0.382 e. The van der Waals surface area contributed by atoms with Crippen LogP contribution >= 0.6 is 0 Å². The molecule has 0 bridgehead atoms. The number of unbranched alkanes of at least 4 members (excludes halogenated alkanes) is 1. The summed E-state index contributed by atoms with van der Waals surface area (Å²) in [6.45, 7) is 2.00. The molecule has 0 aromatic carbocycles. The lowest BCUT2D eigenvalue weighted by molar-refractivity contribution is 0.0689. The highest BCUT2D eigenvalue weighted by atomic mass is 32.2. The summed E-state index contributed by atoms with van der Waals surface area (Å²) in [5.74, 6) is 5.26. The molecule has 0 unspecified atom stereocenters. The number of methoxy groups -OCH3 is 1. The van der Waals surface area contributed by atoms with Crippen molar-refractivity contribution in [2.75, 3.05) is 38.9 Å². The maximum Gasteiger partial charge on any atom is 0.243 e. The van der Waals surface area contributed by atoms with Crippen molar-refractivity contribution >= 4 is 16.0 Å². The summed E-state index contributed by atoms with van der Waals surface area (Å²) in [4.78, 5) is 7.50. The SMILES string of the molecule is COCCOCCCCNS(=O)(=O)c1cnc(NN)nc1. The van der Waals surface area contributed by atoms with E-state index in [-0.39, 0.29) is 10.8 Å². The molecule has 120 valence electrons. The molecular formula is C11H21N5O4S. The Morgan fingerprint density at radius 1 is 1.19 bits per heavy atom. The third-order valence-electron chi connectivity index (χ3n) is 2.51. The van der Waals surface area contributed by atoms with Crippen molar-refractivity contribution in [2.24, 2.45) is 5.84 Å². The predicted octanol–water partition coefficient (Wildman–Crippen LogP) is -0.516. The first-order valence-electron chi connectivity index (χ1n) is 6.45. The van der Waals surface area contributed by atoms with Crippen LogP contribution in [-0.4, -0.2) is 51.9 Å². The second kappa shape index (κ2) is 9.58. The van der Waals surface area contributed by atoms with Crippen molar-refractivity contribution in [1.82, 2.24) is 14.7 Å². The van der Waals surface area contributed by atoms with E-state index in [4.69, 9.17) is 15.3 Å². The summed E-state index contributed by atoms with van der Waals surface area (Å²) in [5, 5.41) is 0. The number of hydrazine groups is 1. The molecule has 9 nitrogen and oxygen atoms in total. The van der Waals surface area contributed by atoms with Crippen LogP contribution in [0.4, 0.5) is 5.95 Å². The van der Waals surface area contributed by atoms with Gasteiger partial charge in [0.1, 0.15) is 4.90 Å². The minimum atomic E-state index is -3.59. The number of nitrogen functional groups attached to an aromatic ring is 1. The molecule has 1 rings (SSSR count). The van der Waals surface area contributed by atoms with E-state index in [0.29, 0.717) is 32.8 Å². The lowest BCUT2D eigenvalue weighted by Gasteiger charge is -2.07. The summed E-state index contributed by atoms with van der Waals surface area (Å²) in [6.07, 6.45) is 3.82. The van der Waals surface area contributed by atoms with Crippen LogP contribution in [0.15, 0.2) is 17.3 Å².